The molecule has 0 aromatic heterocycles. The molecular formula is C16H17N3O2. The molecule has 0 bridgehead atoms. The van der Waals surface area contributed by atoms with Crippen molar-refractivity contribution in [3.8, 4) is 0 Å². The number of rotatable bonds is 4. The van der Waals surface area contributed by atoms with Crippen molar-refractivity contribution in [1.82, 2.24) is 0 Å². The van der Waals surface area contributed by atoms with E-state index in [9.17, 15) is 10.1 Å². The van der Waals surface area contributed by atoms with Crippen LogP contribution in [0.2, 0.25) is 0 Å². The summed E-state index contributed by atoms with van der Waals surface area (Å²) in [6.07, 6.45) is 0.945. The van der Waals surface area contributed by atoms with Crippen LogP contribution >= 0.6 is 0 Å². The number of anilines is 2. The highest BCUT2D eigenvalue weighted by atomic mass is 16.6. The summed E-state index contributed by atoms with van der Waals surface area (Å²) in [6, 6.07) is 15.0. The maximum atomic E-state index is 10.7. The number of fused-ring (bicyclic) bond motifs is 1. The van der Waals surface area contributed by atoms with Gasteiger partial charge in [0.25, 0.3) is 5.69 Å². The molecule has 0 aliphatic carbocycles. The maximum absolute atomic E-state index is 10.7. The molecule has 3 rings (SSSR count). The van der Waals surface area contributed by atoms with Gasteiger partial charge in [0.05, 0.1) is 4.92 Å². The molecular weight excluding hydrogens is 266 g/mol. The Hall–Kier alpha value is -2.40. The van der Waals surface area contributed by atoms with E-state index in [1.54, 1.807) is 24.3 Å². The van der Waals surface area contributed by atoms with Crippen LogP contribution in [0.1, 0.15) is 17.9 Å². The van der Waals surface area contributed by atoms with Crippen molar-refractivity contribution in [3.63, 3.8) is 0 Å². The van der Waals surface area contributed by atoms with Crippen LogP contribution in [0.25, 0.3) is 0 Å². The molecule has 108 valence electrons. The summed E-state index contributed by atoms with van der Waals surface area (Å²) in [6.45, 7) is 1.53. The molecule has 0 saturated heterocycles. The third kappa shape index (κ3) is 2.48. The first-order chi connectivity index (χ1) is 10.2. The van der Waals surface area contributed by atoms with Gasteiger partial charge in [0.2, 0.25) is 0 Å². The molecule has 1 atom stereocenters. The number of benzene rings is 2. The van der Waals surface area contributed by atoms with Gasteiger partial charge in [-0.1, -0.05) is 18.2 Å². The fourth-order valence-electron chi connectivity index (χ4n) is 2.94. The summed E-state index contributed by atoms with van der Waals surface area (Å²) in [5, 5.41) is 10.7. The Bertz CT molecular complexity index is 655. The highest BCUT2D eigenvalue weighted by Crippen LogP contribution is 2.42. The fourth-order valence-corrected chi connectivity index (χ4v) is 2.94. The lowest BCUT2D eigenvalue weighted by molar-refractivity contribution is -0.384. The molecule has 0 radical (unpaired) electrons. The molecule has 0 saturated carbocycles. The minimum Gasteiger partial charge on any atom is -0.341 e. The first kappa shape index (κ1) is 13.6. The lowest BCUT2D eigenvalue weighted by atomic mass is 9.98. The van der Waals surface area contributed by atoms with Crippen molar-refractivity contribution in [1.29, 1.82) is 0 Å². The van der Waals surface area contributed by atoms with E-state index in [1.165, 1.54) is 11.3 Å². The van der Waals surface area contributed by atoms with E-state index in [2.05, 4.69) is 17.0 Å². The number of para-hydroxylation sites is 1. The van der Waals surface area contributed by atoms with Crippen molar-refractivity contribution in [2.45, 2.75) is 12.3 Å². The van der Waals surface area contributed by atoms with E-state index in [0.29, 0.717) is 12.5 Å². The van der Waals surface area contributed by atoms with Crippen LogP contribution in [0.4, 0.5) is 17.1 Å². The second-order valence-corrected chi connectivity index (χ2v) is 5.22. The van der Waals surface area contributed by atoms with Crippen LogP contribution < -0.4 is 10.6 Å². The Balaban J connectivity index is 1.94. The number of nitro benzene ring substituents is 1. The highest BCUT2D eigenvalue weighted by molar-refractivity contribution is 5.71. The molecule has 1 aliphatic rings. The van der Waals surface area contributed by atoms with Gasteiger partial charge in [0.15, 0.2) is 0 Å². The first-order valence-corrected chi connectivity index (χ1v) is 7.01. The largest absolute Gasteiger partial charge is 0.341 e. The van der Waals surface area contributed by atoms with Crippen LogP contribution in [0.3, 0.4) is 0 Å². The number of non-ortho nitro benzene ring substituents is 1. The van der Waals surface area contributed by atoms with Crippen molar-refractivity contribution in [2.75, 3.05) is 18.0 Å². The second kappa shape index (κ2) is 5.54. The van der Waals surface area contributed by atoms with E-state index in [1.807, 2.05) is 12.1 Å². The minimum atomic E-state index is -0.376. The molecule has 0 amide bonds. The molecule has 2 N–H and O–H groups in total. The molecule has 1 aliphatic heterocycles. The lowest BCUT2D eigenvalue weighted by Gasteiger charge is -2.20. The highest BCUT2D eigenvalue weighted by Gasteiger charge is 2.28. The minimum absolute atomic E-state index is 0.116. The Morgan fingerprint density at radius 2 is 1.90 bits per heavy atom. The normalized spacial score (nSPS) is 16.8. The van der Waals surface area contributed by atoms with Gasteiger partial charge >= 0.3 is 0 Å². The van der Waals surface area contributed by atoms with Crippen molar-refractivity contribution in [2.24, 2.45) is 5.73 Å². The van der Waals surface area contributed by atoms with Crippen LogP contribution in [0.15, 0.2) is 48.5 Å². The molecule has 0 spiro atoms. The summed E-state index contributed by atoms with van der Waals surface area (Å²) >= 11 is 0. The number of hydrogen-bond acceptors (Lipinski definition) is 4. The number of nitrogens with zero attached hydrogens (tertiary/aromatic N) is 2. The zero-order chi connectivity index (χ0) is 14.8. The first-order valence-electron chi connectivity index (χ1n) is 7.01. The number of nitro groups is 1. The molecule has 0 fully saturated rings. The van der Waals surface area contributed by atoms with Crippen molar-refractivity contribution in [3.05, 3.63) is 64.2 Å². The number of nitrogens with two attached hydrogens (primary N) is 1. The quantitative estimate of drug-likeness (QED) is 0.691. The molecule has 5 nitrogen and oxygen atoms in total. The van der Waals surface area contributed by atoms with E-state index < -0.39 is 0 Å². The average Bonchev–Trinajstić information content (AvgIpc) is 2.87. The van der Waals surface area contributed by atoms with Crippen LogP contribution in [-0.2, 0) is 0 Å². The van der Waals surface area contributed by atoms with Crippen molar-refractivity contribution < 1.29 is 4.92 Å². The lowest BCUT2D eigenvalue weighted by Crippen LogP contribution is -2.17. The maximum Gasteiger partial charge on any atom is 0.269 e. The van der Waals surface area contributed by atoms with Gasteiger partial charge in [-0.15, -0.1) is 0 Å². The van der Waals surface area contributed by atoms with Gasteiger partial charge in [0.1, 0.15) is 0 Å². The Morgan fingerprint density at radius 1 is 1.19 bits per heavy atom. The Morgan fingerprint density at radius 3 is 2.57 bits per heavy atom. The third-order valence-corrected chi connectivity index (χ3v) is 3.96. The molecule has 5 heteroatoms. The topological polar surface area (TPSA) is 72.4 Å². The Labute approximate surface area is 123 Å². The van der Waals surface area contributed by atoms with E-state index >= 15 is 0 Å². The van der Waals surface area contributed by atoms with Crippen LogP contribution in [0.5, 0.6) is 0 Å². The molecule has 2 aromatic carbocycles. The second-order valence-electron chi connectivity index (χ2n) is 5.22. The van der Waals surface area contributed by atoms with Gasteiger partial charge in [-0.05, 0) is 36.7 Å². The van der Waals surface area contributed by atoms with Gasteiger partial charge < -0.3 is 10.6 Å². The molecule has 21 heavy (non-hydrogen) atoms. The molecule has 1 unspecified atom stereocenters. The van der Waals surface area contributed by atoms with E-state index in [-0.39, 0.29) is 10.6 Å². The summed E-state index contributed by atoms with van der Waals surface area (Å²) in [5.74, 6) is 0.418. The zero-order valence-electron chi connectivity index (χ0n) is 11.6. The van der Waals surface area contributed by atoms with Crippen molar-refractivity contribution >= 4 is 17.1 Å². The third-order valence-electron chi connectivity index (χ3n) is 3.96. The predicted octanol–water partition coefficient (Wildman–Crippen LogP) is 3.18. The zero-order valence-corrected chi connectivity index (χ0v) is 11.6. The SMILES string of the molecule is NCCC1CN(c2ccc([N+](=O)[O-])cc2)c2ccccc21. The summed E-state index contributed by atoms with van der Waals surface area (Å²) in [5.41, 5.74) is 9.28. The molecule has 1 heterocycles. The van der Waals surface area contributed by atoms with Crippen LogP contribution in [-0.4, -0.2) is 18.0 Å². The summed E-state index contributed by atoms with van der Waals surface area (Å²) in [7, 11) is 0. The van der Waals surface area contributed by atoms with E-state index in [4.69, 9.17) is 5.73 Å². The van der Waals surface area contributed by atoms with Gasteiger partial charge in [0, 0.05) is 36.0 Å². The van der Waals surface area contributed by atoms with Crippen LogP contribution in [0, 0.1) is 10.1 Å². The predicted molar refractivity (Wildman–Crippen MR) is 83.0 cm³/mol. The summed E-state index contributed by atoms with van der Waals surface area (Å²) in [4.78, 5) is 12.6. The smallest absolute Gasteiger partial charge is 0.269 e. The Kier molecular flexibility index (Phi) is 3.58. The standard InChI is InChI=1S/C16H17N3O2/c17-10-9-12-11-18(16-4-2-1-3-15(12)16)13-5-7-14(8-6-13)19(20)21/h1-8,12H,9-11,17H2. The monoisotopic (exact) mass is 283 g/mol. The number of hydrogen-bond donors (Lipinski definition) is 1. The van der Waals surface area contributed by atoms with Gasteiger partial charge in [-0.2, -0.15) is 0 Å². The average molecular weight is 283 g/mol. The summed E-state index contributed by atoms with van der Waals surface area (Å²) < 4.78 is 0. The van der Waals surface area contributed by atoms with Gasteiger partial charge in [-0.3, -0.25) is 10.1 Å². The fraction of sp³-hybridized carbons (Fsp3) is 0.250. The van der Waals surface area contributed by atoms with E-state index in [0.717, 1.165) is 18.7 Å². The van der Waals surface area contributed by atoms with Gasteiger partial charge in [-0.25, -0.2) is 0 Å². The molecule has 2 aromatic rings.